The zero-order chi connectivity index (χ0) is 11.7. The molecule has 1 unspecified atom stereocenters. The van der Waals surface area contributed by atoms with Crippen LogP contribution in [0.5, 0.6) is 0 Å². The molecule has 16 heavy (non-hydrogen) atoms. The van der Waals surface area contributed by atoms with E-state index in [0.717, 1.165) is 23.9 Å². The Morgan fingerprint density at radius 3 is 2.88 bits per heavy atom. The molecule has 0 N–H and O–H groups in total. The fourth-order valence-corrected chi connectivity index (χ4v) is 1.98. The van der Waals surface area contributed by atoms with Gasteiger partial charge in [-0.05, 0) is 30.9 Å². The summed E-state index contributed by atoms with van der Waals surface area (Å²) in [7, 11) is 0. The lowest BCUT2D eigenvalue weighted by Gasteiger charge is -2.12. The second-order valence-corrected chi connectivity index (χ2v) is 4.22. The van der Waals surface area contributed by atoms with Crippen molar-refractivity contribution in [2.45, 2.75) is 33.1 Å². The maximum Gasteiger partial charge on any atom is 0.153 e. The van der Waals surface area contributed by atoms with Crippen LogP contribution in [0.2, 0.25) is 0 Å². The Kier molecular flexibility index (Phi) is 2.77. The van der Waals surface area contributed by atoms with Crippen LogP contribution in [-0.2, 0) is 0 Å². The van der Waals surface area contributed by atoms with Crippen molar-refractivity contribution in [2.75, 3.05) is 0 Å². The van der Waals surface area contributed by atoms with E-state index in [0.29, 0.717) is 11.5 Å². The summed E-state index contributed by atoms with van der Waals surface area (Å²) >= 11 is 0. The van der Waals surface area contributed by atoms with E-state index in [1.807, 2.05) is 11.4 Å². The molecule has 2 rings (SSSR count). The molecule has 0 aliphatic rings. The predicted octanol–water partition coefficient (Wildman–Crippen LogP) is 2.97. The van der Waals surface area contributed by atoms with E-state index in [1.165, 1.54) is 5.56 Å². The van der Waals surface area contributed by atoms with E-state index >= 15 is 0 Å². The molecule has 2 aromatic rings. The van der Waals surface area contributed by atoms with Crippen molar-refractivity contribution in [2.24, 2.45) is 0 Å². The first-order valence-corrected chi connectivity index (χ1v) is 5.61. The van der Waals surface area contributed by atoms with E-state index in [2.05, 4.69) is 31.1 Å². The highest BCUT2D eigenvalue weighted by molar-refractivity contribution is 5.87. The van der Waals surface area contributed by atoms with Gasteiger partial charge < -0.3 is 0 Å². The summed E-state index contributed by atoms with van der Waals surface area (Å²) in [5, 5.41) is 4.25. The molecule has 3 heteroatoms. The Labute approximate surface area is 95.1 Å². The highest BCUT2D eigenvalue weighted by Crippen LogP contribution is 2.26. The third-order valence-corrected chi connectivity index (χ3v) is 3.18. The molecule has 84 valence electrons. The van der Waals surface area contributed by atoms with Crippen LogP contribution in [-0.4, -0.2) is 15.9 Å². The number of aryl methyl sites for hydroxylation is 1. The average molecular weight is 216 g/mol. The number of carbonyl (C=O) groups excluding carboxylic acids is 1. The lowest BCUT2D eigenvalue weighted by atomic mass is 9.97. The topological polar surface area (TPSA) is 34.4 Å². The number of nitrogens with zero attached hydrogens (tertiary/aromatic N) is 2. The molecule has 0 amide bonds. The second kappa shape index (κ2) is 4.08. The molecule has 0 aromatic carbocycles. The van der Waals surface area contributed by atoms with Gasteiger partial charge >= 0.3 is 0 Å². The first kappa shape index (κ1) is 10.9. The summed E-state index contributed by atoms with van der Waals surface area (Å²) in [6.45, 7) is 6.32. The lowest BCUT2D eigenvalue weighted by Crippen LogP contribution is -2.01. The van der Waals surface area contributed by atoms with Crippen LogP contribution in [0.4, 0.5) is 0 Å². The summed E-state index contributed by atoms with van der Waals surface area (Å²) in [5.41, 5.74) is 3.89. The van der Waals surface area contributed by atoms with Gasteiger partial charge in [0.2, 0.25) is 0 Å². The Morgan fingerprint density at radius 2 is 2.25 bits per heavy atom. The van der Waals surface area contributed by atoms with E-state index in [1.54, 1.807) is 6.20 Å². The van der Waals surface area contributed by atoms with Gasteiger partial charge in [-0.25, -0.2) is 4.52 Å². The largest absolute Gasteiger partial charge is 0.298 e. The number of rotatable bonds is 3. The molecule has 0 aliphatic heterocycles. The van der Waals surface area contributed by atoms with Gasteiger partial charge in [0.1, 0.15) is 0 Å². The molecule has 0 radical (unpaired) electrons. The van der Waals surface area contributed by atoms with E-state index in [9.17, 15) is 4.79 Å². The Bertz CT molecular complexity index is 528. The molecule has 3 nitrogen and oxygen atoms in total. The fraction of sp³-hybridized carbons (Fsp3) is 0.385. The Hall–Kier alpha value is -1.64. The van der Waals surface area contributed by atoms with Crippen LogP contribution in [0.25, 0.3) is 5.52 Å². The SMILES string of the molecule is CCC(C)c1ccc(C)n2ncc(C=O)c12. The van der Waals surface area contributed by atoms with Gasteiger partial charge in [0, 0.05) is 5.69 Å². The minimum atomic E-state index is 0.443. The van der Waals surface area contributed by atoms with Crippen molar-refractivity contribution < 1.29 is 4.79 Å². The van der Waals surface area contributed by atoms with Crippen LogP contribution < -0.4 is 0 Å². The zero-order valence-electron chi connectivity index (χ0n) is 9.90. The smallest absolute Gasteiger partial charge is 0.153 e. The number of aldehydes is 1. The standard InChI is InChI=1S/C13H16N2O/c1-4-9(2)12-6-5-10(3)15-13(12)11(8-16)7-14-15/h5-9H,4H2,1-3H3. The molecule has 0 aliphatic carbocycles. The lowest BCUT2D eigenvalue weighted by molar-refractivity contribution is 0.112. The third-order valence-electron chi connectivity index (χ3n) is 3.18. The normalized spacial score (nSPS) is 12.9. The number of pyridine rings is 1. The van der Waals surface area contributed by atoms with Gasteiger partial charge in [0.25, 0.3) is 0 Å². The van der Waals surface area contributed by atoms with E-state index in [-0.39, 0.29) is 0 Å². The van der Waals surface area contributed by atoms with Crippen LogP contribution in [0, 0.1) is 6.92 Å². The molecular weight excluding hydrogens is 200 g/mol. The first-order chi connectivity index (χ1) is 7.69. The third kappa shape index (κ3) is 1.52. The molecule has 2 heterocycles. The van der Waals surface area contributed by atoms with E-state index < -0.39 is 0 Å². The highest BCUT2D eigenvalue weighted by Gasteiger charge is 2.13. The number of carbonyl (C=O) groups is 1. The molecule has 0 spiro atoms. The van der Waals surface area contributed by atoms with Crippen molar-refractivity contribution in [3.8, 4) is 0 Å². The molecule has 1 atom stereocenters. The number of fused-ring (bicyclic) bond motifs is 1. The molecule has 0 saturated carbocycles. The summed E-state index contributed by atoms with van der Waals surface area (Å²) < 4.78 is 1.85. The maximum absolute atomic E-state index is 11.0. The molecule has 2 aromatic heterocycles. The summed E-state index contributed by atoms with van der Waals surface area (Å²) in [5.74, 6) is 0.443. The molecule has 0 saturated heterocycles. The maximum atomic E-state index is 11.0. The fourth-order valence-electron chi connectivity index (χ4n) is 1.98. The van der Waals surface area contributed by atoms with Gasteiger partial charge in [0.15, 0.2) is 6.29 Å². The van der Waals surface area contributed by atoms with Crippen molar-refractivity contribution in [3.05, 3.63) is 35.2 Å². The molecule has 0 fully saturated rings. The quantitative estimate of drug-likeness (QED) is 0.739. The first-order valence-electron chi connectivity index (χ1n) is 5.61. The van der Waals surface area contributed by atoms with Gasteiger partial charge in [-0.3, -0.25) is 4.79 Å². The monoisotopic (exact) mass is 216 g/mol. The van der Waals surface area contributed by atoms with Gasteiger partial charge in [-0.2, -0.15) is 5.10 Å². The van der Waals surface area contributed by atoms with Gasteiger partial charge in [-0.1, -0.05) is 19.9 Å². The van der Waals surface area contributed by atoms with Gasteiger partial charge in [0.05, 0.1) is 17.3 Å². The Morgan fingerprint density at radius 1 is 1.50 bits per heavy atom. The number of aromatic nitrogens is 2. The van der Waals surface area contributed by atoms with Crippen LogP contribution >= 0.6 is 0 Å². The second-order valence-electron chi connectivity index (χ2n) is 4.22. The average Bonchev–Trinajstić information content (AvgIpc) is 2.73. The number of hydrogen-bond acceptors (Lipinski definition) is 2. The summed E-state index contributed by atoms with van der Waals surface area (Å²) in [4.78, 5) is 11.0. The summed E-state index contributed by atoms with van der Waals surface area (Å²) in [6, 6.07) is 4.16. The van der Waals surface area contributed by atoms with Crippen molar-refractivity contribution >= 4 is 11.8 Å². The minimum absolute atomic E-state index is 0.443. The highest BCUT2D eigenvalue weighted by atomic mass is 16.1. The van der Waals surface area contributed by atoms with Crippen LogP contribution in [0.15, 0.2) is 18.3 Å². The van der Waals surface area contributed by atoms with Crippen molar-refractivity contribution in [3.63, 3.8) is 0 Å². The zero-order valence-corrected chi connectivity index (χ0v) is 9.90. The van der Waals surface area contributed by atoms with Crippen molar-refractivity contribution in [1.82, 2.24) is 9.61 Å². The van der Waals surface area contributed by atoms with Crippen molar-refractivity contribution in [1.29, 1.82) is 0 Å². The van der Waals surface area contributed by atoms with E-state index in [4.69, 9.17) is 0 Å². The number of hydrogen-bond donors (Lipinski definition) is 0. The van der Waals surface area contributed by atoms with Crippen LogP contribution in [0.1, 0.15) is 47.8 Å². The molecular formula is C13H16N2O. The predicted molar refractivity (Wildman–Crippen MR) is 64.0 cm³/mol. The molecule has 0 bridgehead atoms. The Balaban J connectivity index is 2.78. The van der Waals surface area contributed by atoms with Crippen LogP contribution in [0.3, 0.4) is 0 Å². The minimum Gasteiger partial charge on any atom is -0.298 e. The summed E-state index contributed by atoms with van der Waals surface area (Å²) in [6.07, 6.45) is 3.58. The van der Waals surface area contributed by atoms with Gasteiger partial charge in [-0.15, -0.1) is 0 Å².